The molecule has 0 unspecified atom stereocenters. The normalized spacial score (nSPS) is 24.2. The number of hydrogen-bond donors (Lipinski definition) is 0. The lowest BCUT2D eigenvalue weighted by molar-refractivity contribution is -0.295. The van der Waals surface area contributed by atoms with Crippen LogP contribution in [0.2, 0.25) is 0 Å². The van der Waals surface area contributed by atoms with Crippen LogP contribution in [0.15, 0.2) is 12.3 Å². The van der Waals surface area contributed by atoms with Gasteiger partial charge >= 0.3 is 17.9 Å². The minimum atomic E-state index is -1.85. The van der Waals surface area contributed by atoms with E-state index in [0.717, 1.165) is 12.3 Å². The lowest BCUT2D eigenvalue weighted by Gasteiger charge is -2.24. The van der Waals surface area contributed by atoms with E-state index >= 15 is 0 Å². The van der Waals surface area contributed by atoms with E-state index in [4.69, 9.17) is 4.74 Å². The van der Waals surface area contributed by atoms with Gasteiger partial charge < -0.3 is 14.2 Å². The maximum atomic E-state index is 10.9. The molecule has 6 nitrogen and oxygen atoms in total. The van der Waals surface area contributed by atoms with Gasteiger partial charge in [0, 0.05) is 6.08 Å². The molecule has 1 spiro atoms. The number of rotatable bonds is 0. The summed E-state index contributed by atoms with van der Waals surface area (Å²) in [6.07, 6.45) is 1.88. The van der Waals surface area contributed by atoms with Crippen LogP contribution in [0.5, 0.6) is 0 Å². The average molecular weight is 184 g/mol. The second-order valence-electron chi connectivity index (χ2n) is 2.53. The molecule has 0 bridgehead atoms. The first-order valence-corrected chi connectivity index (χ1v) is 3.45. The Bertz CT molecular complexity index is 306. The third-order valence-electron chi connectivity index (χ3n) is 1.56. The molecule has 1 fully saturated rings. The van der Waals surface area contributed by atoms with Crippen molar-refractivity contribution in [1.29, 1.82) is 0 Å². The molecule has 0 aromatic heterocycles. The van der Waals surface area contributed by atoms with Gasteiger partial charge in [-0.25, -0.2) is 9.59 Å². The summed E-state index contributed by atoms with van der Waals surface area (Å²) in [4.78, 5) is 32.2. The Kier molecular flexibility index (Phi) is 1.39. The van der Waals surface area contributed by atoms with Crippen LogP contribution < -0.4 is 0 Å². The number of ketones is 1. The van der Waals surface area contributed by atoms with Crippen LogP contribution in [-0.4, -0.2) is 23.7 Å². The highest BCUT2D eigenvalue weighted by molar-refractivity contribution is 6.31. The first-order chi connectivity index (χ1) is 6.11. The van der Waals surface area contributed by atoms with Crippen LogP contribution >= 0.6 is 0 Å². The number of ether oxygens (including phenoxy) is 3. The van der Waals surface area contributed by atoms with Crippen LogP contribution in [-0.2, 0) is 28.6 Å². The molecule has 2 aliphatic rings. The summed E-state index contributed by atoms with van der Waals surface area (Å²) in [5, 5.41) is 0. The van der Waals surface area contributed by atoms with Gasteiger partial charge in [-0.1, -0.05) is 0 Å². The van der Waals surface area contributed by atoms with E-state index in [-0.39, 0.29) is 12.2 Å². The third-order valence-corrected chi connectivity index (χ3v) is 1.56. The molecule has 0 aliphatic carbocycles. The Labute approximate surface area is 72.1 Å². The molecule has 0 aromatic carbocycles. The van der Waals surface area contributed by atoms with Crippen molar-refractivity contribution in [2.24, 2.45) is 0 Å². The molecule has 2 aliphatic heterocycles. The second-order valence-corrected chi connectivity index (χ2v) is 2.53. The van der Waals surface area contributed by atoms with Crippen LogP contribution in [0.4, 0.5) is 0 Å². The Morgan fingerprint density at radius 2 is 1.77 bits per heavy atom. The Balaban J connectivity index is 2.24. The van der Waals surface area contributed by atoms with E-state index in [2.05, 4.69) is 9.47 Å². The van der Waals surface area contributed by atoms with Gasteiger partial charge in [0.25, 0.3) is 0 Å². The van der Waals surface area contributed by atoms with Crippen LogP contribution in [0.25, 0.3) is 0 Å². The summed E-state index contributed by atoms with van der Waals surface area (Å²) >= 11 is 0. The predicted octanol–water partition coefficient (Wildman–Crippen LogP) is -0.757. The van der Waals surface area contributed by atoms with Crippen molar-refractivity contribution in [2.45, 2.75) is 12.4 Å². The summed E-state index contributed by atoms with van der Waals surface area (Å²) in [6, 6.07) is 0. The highest BCUT2D eigenvalue weighted by Crippen LogP contribution is 2.29. The third kappa shape index (κ3) is 1.16. The van der Waals surface area contributed by atoms with Gasteiger partial charge in [-0.2, -0.15) is 0 Å². The number of carbonyl (C=O) groups is 3. The van der Waals surface area contributed by atoms with Crippen LogP contribution in [0, 0.1) is 0 Å². The quantitative estimate of drug-likeness (QED) is 0.364. The van der Waals surface area contributed by atoms with Crippen molar-refractivity contribution in [3.63, 3.8) is 0 Å². The van der Waals surface area contributed by atoms with Crippen molar-refractivity contribution >= 4 is 17.7 Å². The number of esters is 2. The summed E-state index contributed by atoms with van der Waals surface area (Å²) in [7, 11) is 0. The van der Waals surface area contributed by atoms with Gasteiger partial charge in [-0.15, -0.1) is 0 Å². The van der Waals surface area contributed by atoms with Gasteiger partial charge in [-0.3, -0.25) is 4.79 Å². The van der Waals surface area contributed by atoms with Gasteiger partial charge in [0.2, 0.25) is 0 Å². The molecular weight excluding hydrogens is 180 g/mol. The fraction of sp³-hybridized carbons (Fsp3) is 0.286. The van der Waals surface area contributed by atoms with Crippen molar-refractivity contribution < 1.29 is 28.6 Å². The topological polar surface area (TPSA) is 78.9 Å². The van der Waals surface area contributed by atoms with Gasteiger partial charge in [0.1, 0.15) is 6.42 Å². The lowest BCUT2D eigenvalue weighted by Crippen LogP contribution is -2.37. The summed E-state index contributed by atoms with van der Waals surface area (Å²) in [5.41, 5.74) is 0. The van der Waals surface area contributed by atoms with Gasteiger partial charge in [0.15, 0.2) is 5.78 Å². The zero-order valence-electron chi connectivity index (χ0n) is 6.31. The molecule has 0 aromatic rings. The zero-order valence-corrected chi connectivity index (χ0v) is 6.31. The van der Waals surface area contributed by atoms with E-state index < -0.39 is 17.9 Å². The van der Waals surface area contributed by atoms with Crippen molar-refractivity contribution in [1.82, 2.24) is 0 Å². The SMILES string of the molecule is O=C1C=COC2(C1)OC(=O)C(=O)O2. The standard InChI is InChI=1S/C7H4O6/c8-4-1-2-11-7(3-4)12-5(9)6(10)13-7/h1-2H,3H2. The number of carbonyl (C=O) groups excluding carboxylic acids is 3. The van der Waals surface area contributed by atoms with E-state index in [9.17, 15) is 14.4 Å². The lowest BCUT2D eigenvalue weighted by atomic mass is 10.2. The smallest absolute Gasteiger partial charge is 0.428 e. The Morgan fingerprint density at radius 1 is 1.15 bits per heavy atom. The van der Waals surface area contributed by atoms with Gasteiger partial charge in [0.05, 0.1) is 6.26 Å². The fourth-order valence-electron chi connectivity index (χ4n) is 1.03. The molecule has 0 saturated carbocycles. The molecule has 0 atom stereocenters. The van der Waals surface area contributed by atoms with Crippen molar-refractivity contribution in [3.05, 3.63) is 12.3 Å². The molecule has 2 rings (SSSR count). The molecule has 13 heavy (non-hydrogen) atoms. The monoisotopic (exact) mass is 184 g/mol. The predicted molar refractivity (Wildman–Crippen MR) is 34.8 cm³/mol. The second kappa shape index (κ2) is 2.32. The highest BCUT2D eigenvalue weighted by atomic mass is 16.9. The molecule has 0 radical (unpaired) electrons. The van der Waals surface area contributed by atoms with Gasteiger partial charge in [-0.05, 0) is 0 Å². The Morgan fingerprint density at radius 3 is 2.31 bits per heavy atom. The molecule has 2 heterocycles. The minimum absolute atomic E-state index is 0.305. The summed E-state index contributed by atoms with van der Waals surface area (Å²) < 4.78 is 13.7. The summed E-state index contributed by atoms with van der Waals surface area (Å²) in [6.45, 7) is 0. The first-order valence-electron chi connectivity index (χ1n) is 3.45. The van der Waals surface area contributed by atoms with E-state index in [1.54, 1.807) is 0 Å². The minimum Gasteiger partial charge on any atom is -0.428 e. The highest BCUT2D eigenvalue weighted by Gasteiger charge is 2.53. The van der Waals surface area contributed by atoms with E-state index in [1.807, 2.05) is 0 Å². The van der Waals surface area contributed by atoms with E-state index in [1.165, 1.54) is 0 Å². The zero-order chi connectivity index (χ0) is 9.47. The molecule has 68 valence electrons. The molecular formula is C7H4O6. The van der Waals surface area contributed by atoms with Crippen LogP contribution in [0.1, 0.15) is 6.42 Å². The maximum Gasteiger partial charge on any atom is 0.429 e. The summed E-state index contributed by atoms with van der Waals surface area (Å²) in [5.74, 6) is -4.49. The maximum absolute atomic E-state index is 10.9. The van der Waals surface area contributed by atoms with Crippen molar-refractivity contribution in [2.75, 3.05) is 0 Å². The molecule has 6 heteroatoms. The number of allylic oxidation sites excluding steroid dienone is 1. The van der Waals surface area contributed by atoms with Crippen LogP contribution in [0.3, 0.4) is 0 Å². The largest absolute Gasteiger partial charge is 0.429 e. The molecule has 0 amide bonds. The van der Waals surface area contributed by atoms with E-state index in [0.29, 0.717) is 0 Å². The first kappa shape index (κ1) is 7.78. The molecule has 1 saturated heterocycles. The number of hydrogen-bond acceptors (Lipinski definition) is 6. The molecule has 0 N–H and O–H groups in total. The van der Waals surface area contributed by atoms with Crippen molar-refractivity contribution in [3.8, 4) is 0 Å². The fourth-order valence-corrected chi connectivity index (χ4v) is 1.03. The Hall–Kier alpha value is -1.85. The average Bonchev–Trinajstić information content (AvgIpc) is 2.26.